The third-order valence-corrected chi connectivity index (χ3v) is 7.53. The van der Waals surface area contributed by atoms with E-state index in [9.17, 15) is 0 Å². The number of imidazole rings is 1. The number of hydrogen-bond acceptors (Lipinski definition) is 1. The monoisotopic (exact) mass is 444 g/mol. The number of rotatable bonds is 11. The minimum atomic E-state index is -0.284. The second-order valence-corrected chi connectivity index (χ2v) is 10.3. The average Bonchev–Trinajstić information content (AvgIpc) is 3.12. The van der Waals surface area contributed by atoms with Crippen LogP contribution in [0.4, 0.5) is 0 Å². The molecule has 2 nitrogen and oxygen atoms in total. The molecule has 2 radical (unpaired) electrons. The Morgan fingerprint density at radius 3 is 2.40 bits per heavy atom. The van der Waals surface area contributed by atoms with Crippen molar-refractivity contribution in [2.24, 2.45) is 0 Å². The molecule has 0 bridgehead atoms. The van der Waals surface area contributed by atoms with Crippen LogP contribution in [-0.4, -0.2) is 31.1 Å². The Kier molecular flexibility index (Phi) is 9.38. The van der Waals surface area contributed by atoms with Crippen LogP contribution in [0.5, 0.6) is 0 Å². The predicted molar refractivity (Wildman–Crippen MR) is 111 cm³/mol. The molecule has 0 aliphatic carbocycles. The van der Waals surface area contributed by atoms with Crippen LogP contribution in [0.25, 0.3) is 17.3 Å². The molecule has 0 fully saturated rings. The van der Waals surface area contributed by atoms with Crippen molar-refractivity contribution in [3.63, 3.8) is 0 Å². The summed E-state index contributed by atoms with van der Waals surface area (Å²) >= 11 is -0.284. The van der Waals surface area contributed by atoms with E-state index in [0.717, 1.165) is 11.5 Å². The number of aromatic nitrogens is 2. The Balaban J connectivity index is 2.00. The number of aromatic amines is 1. The summed E-state index contributed by atoms with van der Waals surface area (Å²) in [7, 11) is 0. The first kappa shape index (κ1) is 20.3. The maximum atomic E-state index is 4.67. The number of hydrogen-bond donors (Lipinski definition) is 1. The average molecular weight is 443 g/mol. The van der Waals surface area contributed by atoms with E-state index < -0.39 is 0 Å². The fraction of sp³-hybridized carbons (Fsp3) is 0.500. The van der Waals surface area contributed by atoms with Crippen LogP contribution in [0.15, 0.2) is 34.6 Å². The molecule has 3 heteroatoms. The van der Waals surface area contributed by atoms with Gasteiger partial charge in [-0.1, -0.05) is 13.8 Å². The Morgan fingerprint density at radius 1 is 1.04 bits per heavy atom. The molecule has 0 unspecified atom stereocenters. The van der Waals surface area contributed by atoms with Crippen molar-refractivity contribution in [1.82, 2.24) is 9.97 Å². The van der Waals surface area contributed by atoms with Crippen LogP contribution in [0.3, 0.4) is 0 Å². The van der Waals surface area contributed by atoms with Crippen molar-refractivity contribution in [2.75, 3.05) is 0 Å². The first-order chi connectivity index (χ1) is 12.3. The van der Waals surface area contributed by atoms with E-state index in [1.807, 2.05) is 6.20 Å². The Bertz CT molecular complexity index is 622. The summed E-state index contributed by atoms with van der Waals surface area (Å²) in [6.07, 6.45) is 11.9. The van der Waals surface area contributed by atoms with Gasteiger partial charge in [0.05, 0.1) is 0 Å². The topological polar surface area (TPSA) is 28.7 Å². The number of nitrogens with zero attached hydrogens (tertiary/aromatic N) is 1. The quantitative estimate of drug-likeness (QED) is 0.306. The van der Waals surface area contributed by atoms with Crippen molar-refractivity contribution < 1.29 is 0 Å². The van der Waals surface area contributed by atoms with Gasteiger partial charge in [0, 0.05) is 0 Å². The zero-order valence-electron chi connectivity index (χ0n) is 16.0. The summed E-state index contributed by atoms with van der Waals surface area (Å²) in [6, 6.07) is 8.87. The van der Waals surface area contributed by atoms with Gasteiger partial charge in [-0.05, 0) is 0 Å². The Morgan fingerprint density at radius 2 is 1.76 bits per heavy atom. The predicted octanol–water partition coefficient (Wildman–Crippen LogP) is 6.65. The molecule has 1 heterocycles. The van der Waals surface area contributed by atoms with E-state index in [1.165, 1.54) is 54.1 Å². The third-order valence-electron chi connectivity index (χ3n) is 4.55. The van der Waals surface area contributed by atoms with Gasteiger partial charge in [-0.2, -0.15) is 0 Å². The Hall–Kier alpha value is -1.03. The van der Waals surface area contributed by atoms with Crippen molar-refractivity contribution in [2.45, 2.75) is 69.7 Å². The van der Waals surface area contributed by atoms with Crippen LogP contribution in [-0.2, 0) is 0 Å². The van der Waals surface area contributed by atoms with Crippen LogP contribution in [0.2, 0.25) is 4.44 Å². The molecule has 0 saturated carbocycles. The molecule has 2 aromatic rings. The van der Waals surface area contributed by atoms with E-state index in [2.05, 4.69) is 65.2 Å². The first-order valence-corrected chi connectivity index (χ1v) is 13.5. The van der Waals surface area contributed by atoms with E-state index in [0.29, 0.717) is 5.92 Å². The summed E-state index contributed by atoms with van der Waals surface area (Å²) in [5.74, 6) is 1.73. The second kappa shape index (κ2) is 11.6. The maximum absolute atomic E-state index is 4.67. The van der Waals surface area contributed by atoms with Gasteiger partial charge in [-0.3, -0.25) is 0 Å². The van der Waals surface area contributed by atoms with Crippen molar-refractivity contribution >= 4 is 27.2 Å². The van der Waals surface area contributed by atoms with Gasteiger partial charge in [0.2, 0.25) is 0 Å². The molecule has 1 aromatic carbocycles. The van der Waals surface area contributed by atoms with Gasteiger partial charge in [-0.15, -0.1) is 0 Å². The van der Waals surface area contributed by atoms with Gasteiger partial charge in [-0.25, -0.2) is 0 Å². The SMILES string of the molecule is CCC[CH2][Sn]/[CH]=C/c1ccc(-c2cnc(C(CCC)CCC)[nH]2)cc1. The van der Waals surface area contributed by atoms with E-state index in [1.54, 1.807) is 0 Å². The molecule has 0 spiro atoms. The van der Waals surface area contributed by atoms with Gasteiger partial charge in [0.15, 0.2) is 0 Å². The molecule has 0 saturated heterocycles. The summed E-state index contributed by atoms with van der Waals surface area (Å²) in [6.45, 7) is 6.78. The number of benzene rings is 1. The molecular formula is C22H32N2Sn. The molecule has 0 atom stereocenters. The first-order valence-electron chi connectivity index (χ1n) is 9.83. The van der Waals surface area contributed by atoms with Crippen LogP contribution in [0, 0.1) is 0 Å². The second-order valence-electron chi connectivity index (χ2n) is 6.72. The summed E-state index contributed by atoms with van der Waals surface area (Å²) in [5.41, 5.74) is 3.69. The Labute approximate surface area is 163 Å². The standard InChI is InChI=1S/C18H23N2.C4H9.Sn/c1-4-7-16(8-5-2)18-19-13-17(20-18)15-11-9-14(6-3)10-12-15;1-3-4-2;/h3,6,9-13,16H,4-5,7-8H2,1-2H3,(H,19,20);1,3-4H2,2H3;. The van der Waals surface area contributed by atoms with Crippen molar-refractivity contribution in [3.8, 4) is 11.3 Å². The minimum absolute atomic E-state index is 0.284. The van der Waals surface area contributed by atoms with Gasteiger partial charge >= 0.3 is 150 Å². The normalized spacial score (nSPS) is 11.7. The molecule has 25 heavy (non-hydrogen) atoms. The molecule has 0 aliphatic rings. The van der Waals surface area contributed by atoms with Crippen LogP contribution >= 0.6 is 0 Å². The third kappa shape index (κ3) is 6.65. The molecular weight excluding hydrogens is 411 g/mol. The number of H-pyrrole nitrogens is 1. The fourth-order valence-corrected chi connectivity index (χ4v) is 6.05. The summed E-state index contributed by atoms with van der Waals surface area (Å²) < 4.78 is 3.92. The van der Waals surface area contributed by atoms with Crippen LogP contribution in [0.1, 0.15) is 76.6 Å². The zero-order chi connectivity index (χ0) is 17.9. The molecule has 1 N–H and O–H groups in total. The van der Waals surface area contributed by atoms with Gasteiger partial charge < -0.3 is 0 Å². The van der Waals surface area contributed by atoms with Crippen molar-refractivity contribution in [3.05, 3.63) is 45.9 Å². The molecule has 2 rings (SSSR count). The van der Waals surface area contributed by atoms with Gasteiger partial charge in [0.25, 0.3) is 0 Å². The number of unbranched alkanes of at least 4 members (excludes halogenated alkanes) is 1. The summed E-state index contributed by atoms with van der Waals surface area (Å²) in [5, 5.41) is 0. The van der Waals surface area contributed by atoms with E-state index in [4.69, 9.17) is 0 Å². The molecule has 0 aliphatic heterocycles. The number of nitrogens with one attached hydrogen (secondary N) is 1. The fourth-order valence-electron chi connectivity index (χ4n) is 3.10. The van der Waals surface area contributed by atoms with Crippen molar-refractivity contribution in [1.29, 1.82) is 0 Å². The molecule has 0 amide bonds. The van der Waals surface area contributed by atoms with Gasteiger partial charge in [0.1, 0.15) is 0 Å². The van der Waals surface area contributed by atoms with E-state index in [-0.39, 0.29) is 21.1 Å². The zero-order valence-corrected chi connectivity index (χ0v) is 18.9. The van der Waals surface area contributed by atoms with E-state index >= 15 is 0 Å². The molecule has 1 aromatic heterocycles. The summed E-state index contributed by atoms with van der Waals surface area (Å²) in [4.78, 5) is 8.23. The molecule has 134 valence electrons. The van der Waals surface area contributed by atoms with Crippen LogP contribution < -0.4 is 0 Å².